The predicted octanol–water partition coefficient (Wildman–Crippen LogP) is 2.23. The van der Waals surface area contributed by atoms with Gasteiger partial charge in [-0.25, -0.2) is 0 Å². The zero-order chi connectivity index (χ0) is 12.1. The van der Waals surface area contributed by atoms with Crippen molar-refractivity contribution in [1.82, 2.24) is 5.43 Å². The molecule has 3 nitrogen and oxygen atoms in total. The number of unbranched alkanes of at least 4 members (excludes halogenated alkanes) is 1. The molecule has 1 heterocycles. The van der Waals surface area contributed by atoms with E-state index in [9.17, 15) is 0 Å². The first kappa shape index (κ1) is 13.7. The number of hydrazine groups is 1. The van der Waals surface area contributed by atoms with Gasteiger partial charge in [0.25, 0.3) is 0 Å². The molecule has 3 heteroatoms. The molecule has 1 aliphatic heterocycles. The number of nitrogens with two attached hydrogens (primary N) is 1. The molecule has 5 unspecified atom stereocenters. The van der Waals surface area contributed by atoms with Crippen LogP contribution in [0.3, 0.4) is 0 Å². The highest BCUT2D eigenvalue weighted by atomic mass is 16.5. The van der Waals surface area contributed by atoms with E-state index in [-0.39, 0.29) is 0 Å². The zero-order valence-corrected chi connectivity index (χ0v) is 10.8. The maximum Gasteiger partial charge on any atom is 0.0597 e. The quantitative estimate of drug-likeness (QED) is 0.316. The third-order valence-corrected chi connectivity index (χ3v) is 3.92. The molecule has 0 spiro atoms. The maximum atomic E-state index is 5.86. The minimum atomic E-state index is 0.301. The first-order valence-electron chi connectivity index (χ1n) is 6.34. The lowest BCUT2D eigenvalue weighted by atomic mass is 9.82. The SMILES string of the molecule is C=CCCCC(NN)C1C(C)OC(C)C1C. The second kappa shape index (κ2) is 6.38. The summed E-state index contributed by atoms with van der Waals surface area (Å²) in [5, 5.41) is 0. The van der Waals surface area contributed by atoms with Gasteiger partial charge in [0.15, 0.2) is 0 Å². The van der Waals surface area contributed by atoms with Crippen molar-refractivity contribution in [2.24, 2.45) is 17.7 Å². The third kappa shape index (κ3) is 3.06. The summed E-state index contributed by atoms with van der Waals surface area (Å²) >= 11 is 0. The summed E-state index contributed by atoms with van der Waals surface area (Å²) in [5.41, 5.74) is 2.97. The Hall–Kier alpha value is -0.380. The lowest BCUT2D eigenvalue weighted by Crippen LogP contribution is -2.45. The first-order chi connectivity index (χ1) is 7.61. The Labute approximate surface area is 99.4 Å². The monoisotopic (exact) mass is 226 g/mol. The molecule has 5 atom stereocenters. The van der Waals surface area contributed by atoms with Crippen molar-refractivity contribution in [2.45, 2.75) is 58.3 Å². The van der Waals surface area contributed by atoms with E-state index in [2.05, 4.69) is 32.8 Å². The summed E-state index contributed by atoms with van der Waals surface area (Å²) in [7, 11) is 0. The minimum absolute atomic E-state index is 0.301. The van der Waals surface area contributed by atoms with Crippen LogP contribution < -0.4 is 11.3 Å². The van der Waals surface area contributed by atoms with Gasteiger partial charge in [-0.05, 0) is 39.0 Å². The molecule has 94 valence electrons. The van der Waals surface area contributed by atoms with Crippen LogP contribution in [0.25, 0.3) is 0 Å². The molecule has 1 rings (SSSR count). The fourth-order valence-corrected chi connectivity index (χ4v) is 2.86. The average Bonchev–Trinajstić information content (AvgIpc) is 2.50. The van der Waals surface area contributed by atoms with Gasteiger partial charge in [0.2, 0.25) is 0 Å². The van der Waals surface area contributed by atoms with E-state index < -0.39 is 0 Å². The standard InChI is InChI=1S/C13H26N2O/c1-5-6-7-8-12(15-14)13-9(2)10(3)16-11(13)4/h5,9-13,15H,1,6-8,14H2,2-4H3. The summed E-state index contributed by atoms with van der Waals surface area (Å²) < 4.78 is 5.86. The van der Waals surface area contributed by atoms with Crippen molar-refractivity contribution in [2.75, 3.05) is 0 Å². The molecule has 1 aliphatic rings. The summed E-state index contributed by atoms with van der Waals surface area (Å²) in [5.74, 6) is 6.76. The molecule has 0 radical (unpaired) electrons. The van der Waals surface area contributed by atoms with Crippen LogP contribution in [0.4, 0.5) is 0 Å². The largest absolute Gasteiger partial charge is 0.375 e. The number of ether oxygens (including phenoxy) is 1. The van der Waals surface area contributed by atoms with E-state index >= 15 is 0 Å². The van der Waals surface area contributed by atoms with Gasteiger partial charge < -0.3 is 4.74 Å². The smallest absolute Gasteiger partial charge is 0.0597 e. The highest BCUT2D eigenvalue weighted by Gasteiger charge is 2.40. The number of nitrogens with one attached hydrogen (secondary N) is 1. The van der Waals surface area contributed by atoms with Crippen LogP contribution in [0.15, 0.2) is 12.7 Å². The van der Waals surface area contributed by atoms with E-state index in [1.165, 1.54) is 0 Å². The van der Waals surface area contributed by atoms with E-state index in [4.69, 9.17) is 10.6 Å². The van der Waals surface area contributed by atoms with E-state index in [1.807, 2.05) is 6.08 Å². The van der Waals surface area contributed by atoms with Gasteiger partial charge in [-0.15, -0.1) is 6.58 Å². The van der Waals surface area contributed by atoms with Crippen LogP contribution in [0.5, 0.6) is 0 Å². The highest BCUT2D eigenvalue weighted by Crippen LogP contribution is 2.35. The predicted molar refractivity (Wildman–Crippen MR) is 67.8 cm³/mol. The van der Waals surface area contributed by atoms with Crippen LogP contribution in [0.2, 0.25) is 0 Å². The molecule has 16 heavy (non-hydrogen) atoms. The van der Waals surface area contributed by atoms with Crippen LogP contribution in [0.1, 0.15) is 40.0 Å². The summed E-state index contributed by atoms with van der Waals surface area (Å²) in [4.78, 5) is 0. The second-order valence-corrected chi connectivity index (χ2v) is 4.98. The molecular weight excluding hydrogens is 200 g/mol. The number of allylic oxidation sites excluding steroid dienone is 1. The molecule has 0 aromatic rings. The van der Waals surface area contributed by atoms with Crippen molar-refractivity contribution in [1.29, 1.82) is 0 Å². The highest BCUT2D eigenvalue weighted by molar-refractivity contribution is 4.91. The lowest BCUT2D eigenvalue weighted by molar-refractivity contribution is 0.0471. The van der Waals surface area contributed by atoms with Crippen molar-refractivity contribution in [3.63, 3.8) is 0 Å². The first-order valence-corrected chi connectivity index (χ1v) is 6.34. The van der Waals surface area contributed by atoms with E-state index in [0.717, 1.165) is 19.3 Å². The number of rotatable bonds is 6. The fraction of sp³-hybridized carbons (Fsp3) is 0.846. The molecule has 0 aromatic carbocycles. The molecule has 0 aliphatic carbocycles. The second-order valence-electron chi connectivity index (χ2n) is 4.98. The maximum absolute atomic E-state index is 5.86. The van der Waals surface area contributed by atoms with Crippen LogP contribution in [0, 0.1) is 11.8 Å². The fourth-order valence-electron chi connectivity index (χ4n) is 2.86. The van der Waals surface area contributed by atoms with Crippen LogP contribution in [-0.4, -0.2) is 18.2 Å². The van der Waals surface area contributed by atoms with E-state index in [1.54, 1.807) is 0 Å². The van der Waals surface area contributed by atoms with Crippen molar-refractivity contribution < 1.29 is 4.74 Å². The van der Waals surface area contributed by atoms with Crippen LogP contribution >= 0.6 is 0 Å². The van der Waals surface area contributed by atoms with Gasteiger partial charge >= 0.3 is 0 Å². The Bertz CT molecular complexity index is 220. The molecule has 0 amide bonds. The Morgan fingerprint density at radius 3 is 2.50 bits per heavy atom. The van der Waals surface area contributed by atoms with Crippen molar-refractivity contribution in [3.8, 4) is 0 Å². The van der Waals surface area contributed by atoms with Crippen molar-refractivity contribution in [3.05, 3.63) is 12.7 Å². The molecular formula is C13H26N2O. The number of hydrogen-bond acceptors (Lipinski definition) is 3. The molecule has 0 bridgehead atoms. The molecule has 1 fully saturated rings. The molecule has 3 N–H and O–H groups in total. The van der Waals surface area contributed by atoms with Gasteiger partial charge in [0, 0.05) is 12.0 Å². The van der Waals surface area contributed by atoms with Gasteiger partial charge in [0.05, 0.1) is 12.2 Å². The summed E-state index contributed by atoms with van der Waals surface area (Å²) in [6, 6.07) is 0.356. The third-order valence-electron chi connectivity index (χ3n) is 3.92. The zero-order valence-electron chi connectivity index (χ0n) is 10.8. The van der Waals surface area contributed by atoms with Crippen molar-refractivity contribution >= 4 is 0 Å². The topological polar surface area (TPSA) is 47.3 Å². The van der Waals surface area contributed by atoms with Crippen LogP contribution in [-0.2, 0) is 4.74 Å². The van der Waals surface area contributed by atoms with Gasteiger partial charge in [-0.2, -0.15) is 0 Å². The molecule has 1 saturated heterocycles. The molecule has 0 aromatic heterocycles. The lowest BCUT2D eigenvalue weighted by Gasteiger charge is -2.28. The Kier molecular flexibility index (Phi) is 5.46. The average molecular weight is 226 g/mol. The Balaban J connectivity index is 2.53. The number of hydrogen-bond donors (Lipinski definition) is 2. The minimum Gasteiger partial charge on any atom is -0.375 e. The Morgan fingerprint density at radius 1 is 1.38 bits per heavy atom. The van der Waals surface area contributed by atoms with Gasteiger partial charge in [0.1, 0.15) is 0 Å². The Morgan fingerprint density at radius 2 is 2.06 bits per heavy atom. The summed E-state index contributed by atoms with van der Waals surface area (Å²) in [6.07, 6.45) is 5.91. The van der Waals surface area contributed by atoms with Gasteiger partial charge in [-0.1, -0.05) is 13.0 Å². The normalized spacial score (nSPS) is 36.2. The summed E-state index contributed by atoms with van der Waals surface area (Å²) in [6.45, 7) is 10.3. The van der Waals surface area contributed by atoms with E-state index in [0.29, 0.717) is 30.1 Å². The van der Waals surface area contributed by atoms with Gasteiger partial charge in [-0.3, -0.25) is 11.3 Å². The molecule has 0 saturated carbocycles.